The first kappa shape index (κ1) is 11.5. The summed E-state index contributed by atoms with van der Waals surface area (Å²) in [5.41, 5.74) is 6.48. The van der Waals surface area contributed by atoms with Gasteiger partial charge in [0.05, 0.1) is 18.6 Å². The van der Waals surface area contributed by atoms with E-state index in [-0.39, 0.29) is 5.91 Å². The topological polar surface area (TPSA) is 56.0 Å². The highest BCUT2D eigenvalue weighted by atomic mass is 32.1. The van der Waals surface area contributed by atoms with Crippen LogP contribution in [0.1, 0.15) is 22.0 Å². The highest BCUT2D eigenvalue weighted by Crippen LogP contribution is 2.26. The molecular formula is C11H18N3OS+. The van der Waals surface area contributed by atoms with Gasteiger partial charge in [0, 0.05) is 11.3 Å². The summed E-state index contributed by atoms with van der Waals surface area (Å²) < 4.78 is 0.700. The zero-order valence-corrected chi connectivity index (χ0v) is 10.6. The third kappa shape index (κ3) is 2.41. The third-order valence-corrected chi connectivity index (χ3v) is 4.13. The molecule has 5 heteroatoms. The molecule has 0 aliphatic carbocycles. The quantitative estimate of drug-likeness (QED) is 0.778. The number of aromatic nitrogens is 1. The van der Waals surface area contributed by atoms with Gasteiger partial charge < -0.3 is 10.2 Å². The number of nitrogens with zero attached hydrogens (tertiary/aromatic N) is 2. The van der Waals surface area contributed by atoms with Gasteiger partial charge in [-0.05, 0) is 13.3 Å². The Kier molecular flexibility index (Phi) is 2.99. The van der Waals surface area contributed by atoms with Gasteiger partial charge in [0.15, 0.2) is 6.54 Å². The van der Waals surface area contributed by atoms with Crippen molar-refractivity contribution >= 4 is 17.2 Å². The number of aryl methyl sites for hydroxylation is 2. The predicted octanol–water partition coefficient (Wildman–Crippen LogP) is 0.830. The highest BCUT2D eigenvalue weighted by Gasteiger charge is 2.30. The van der Waals surface area contributed by atoms with E-state index in [1.807, 2.05) is 6.92 Å². The van der Waals surface area contributed by atoms with Gasteiger partial charge in [0.25, 0.3) is 5.91 Å². The Bertz CT molecular complexity index is 415. The van der Waals surface area contributed by atoms with Crippen LogP contribution in [0, 0.1) is 6.92 Å². The van der Waals surface area contributed by atoms with Gasteiger partial charge in [-0.3, -0.25) is 4.79 Å². The summed E-state index contributed by atoms with van der Waals surface area (Å²) in [5, 5.41) is 1.12. The first-order valence-corrected chi connectivity index (χ1v) is 6.37. The molecule has 2 heterocycles. The van der Waals surface area contributed by atoms with E-state index in [9.17, 15) is 4.79 Å². The summed E-state index contributed by atoms with van der Waals surface area (Å²) in [7, 11) is 2.09. The molecule has 1 amide bonds. The number of carbonyl (C=O) groups is 1. The van der Waals surface area contributed by atoms with Crippen molar-refractivity contribution in [3.8, 4) is 0 Å². The zero-order chi connectivity index (χ0) is 11.8. The summed E-state index contributed by atoms with van der Waals surface area (Å²) in [6.45, 7) is 4.29. The van der Waals surface area contributed by atoms with E-state index in [0.29, 0.717) is 11.0 Å². The van der Waals surface area contributed by atoms with Crippen LogP contribution < -0.4 is 5.73 Å². The summed E-state index contributed by atoms with van der Waals surface area (Å²) in [6.07, 6.45) is 2.20. The van der Waals surface area contributed by atoms with Crippen molar-refractivity contribution in [2.45, 2.75) is 26.3 Å². The molecule has 1 aromatic rings. The smallest absolute Gasteiger partial charge is 0.272 e. The molecule has 1 aliphatic rings. The first-order chi connectivity index (χ1) is 7.48. The molecule has 1 aromatic heterocycles. The SMILES string of the molecule is Cc1nc2c(s1)CCC[N+](C)(CC(N)=O)C2. The molecule has 0 spiro atoms. The highest BCUT2D eigenvalue weighted by molar-refractivity contribution is 7.11. The minimum atomic E-state index is -0.224. The maximum Gasteiger partial charge on any atom is 0.272 e. The summed E-state index contributed by atoms with van der Waals surface area (Å²) >= 11 is 1.79. The van der Waals surface area contributed by atoms with Gasteiger partial charge in [0.1, 0.15) is 12.2 Å². The van der Waals surface area contributed by atoms with Crippen LogP contribution in [0.4, 0.5) is 0 Å². The Morgan fingerprint density at radius 1 is 1.62 bits per heavy atom. The predicted molar refractivity (Wildman–Crippen MR) is 64.0 cm³/mol. The number of quaternary nitrogens is 1. The van der Waals surface area contributed by atoms with E-state index < -0.39 is 0 Å². The van der Waals surface area contributed by atoms with Crippen LogP contribution in [-0.4, -0.2) is 35.5 Å². The van der Waals surface area contributed by atoms with E-state index in [4.69, 9.17) is 5.73 Å². The second kappa shape index (κ2) is 4.14. The van der Waals surface area contributed by atoms with Gasteiger partial charge in [0.2, 0.25) is 0 Å². The van der Waals surface area contributed by atoms with Crippen LogP contribution in [0.3, 0.4) is 0 Å². The number of rotatable bonds is 2. The van der Waals surface area contributed by atoms with Crippen molar-refractivity contribution in [3.63, 3.8) is 0 Å². The van der Waals surface area contributed by atoms with Crippen molar-refractivity contribution < 1.29 is 9.28 Å². The molecule has 0 radical (unpaired) electrons. The maximum absolute atomic E-state index is 11.1. The number of fused-ring (bicyclic) bond motifs is 1. The van der Waals surface area contributed by atoms with E-state index >= 15 is 0 Å². The maximum atomic E-state index is 11.1. The minimum Gasteiger partial charge on any atom is -0.365 e. The van der Waals surface area contributed by atoms with Gasteiger partial charge in [-0.1, -0.05) is 0 Å². The Morgan fingerprint density at radius 3 is 3.06 bits per heavy atom. The van der Waals surface area contributed by atoms with E-state index in [1.165, 1.54) is 10.6 Å². The molecule has 0 fully saturated rings. The number of hydrogen-bond acceptors (Lipinski definition) is 3. The van der Waals surface area contributed by atoms with Crippen molar-refractivity contribution in [1.82, 2.24) is 4.98 Å². The molecule has 16 heavy (non-hydrogen) atoms. The summed E-state index contributed by atoms with van der Waals surface area (Å²) in [5.74, 6) is -0.224. The molecule has 0 aromatic carbocycles. The molecule has 1 aliphatic heterocycles. The lowest BCUT2D eigenvalue weighted by molar-refractivity contribution is -0.914. The van der Waals surface area contributed by atoms with Crippen molar-refractivity contribution in [3.05, 3.63) is 15.6 Å². The minimum absolute atomic E-state index is 0.224. The Hall–Kier alpha value is -0.940. The van der Waals surface area contributed by atoms with E-state index in [0.717, 1.165) is 30.9 Å². The lowest BCUT2D eigenvalue weighted by Gasteiger charge is -2.31. The Labute approximate surface area is 99.7 Å². The van der Waals surface area contributed by atoms with Gasteiger partial charge in [-0.15, -0.1) is 11.3 Å². The number of hydrogen-bond donors (Lipinski definition) is 1. The van der Waals surface area contributed by atoms with Gasteiger partial charge in [-0.2, -0.15) is 0 Å². The van der Waals surface area contributed by atoms with Crippen molar-refractivity contribution in [2.75, 3.05) is 20.1 Å². The molecule has 0 saturated heterocycles. The first-order valence-electron chi connectivity index (χ1n) is 5.55. The fourth-order valence-electron chi connectivity index (χ4n) is 2.40. The Balaban J connectivity index is 2.24. The molecule has 2 rings (SSSR count). The number of likely N-dealkylation sites (N-methyl/N-ethyl adjacent to an activating group) is 1. The fourth-order valence-corrected chi connectivity index (χ4v) is 3.39. The molecule has 4 nitrogen and oxygen atoms in total. The molecule has 0 saturated carbocycles. The van der Waals surface area contributed by atoms with Crippen LogP contribution in [0.2, 0.25) is 0 Å². The second-order valence-electron chi connectivity index (χ2n) is 4.83. The molecule has 0 bridgehead atoms. The molecule has 1 atom stereocenters. The van der Waals surface area contributed by atoms with Gasteiger partial charge in [-0.25, -0.2) is 4.98 Å². The van der Waals surface area contributed by atoms with Crippen LogP contribution >= 0.6 is 11.3 Å². The third-order valence-electron chi connectivity index (χ3n) is 3.06. The van der Waals surface area contributed by atoms with Gasteiger partial charge >= 0.3 is 0 Å². The standard InChI is InChI=1S/C11H17N3OS/c1-8-13-9-6-14(2,7-11(12)15)5-3-4-10(9)16-8/h3-7H2,1-2H3,(H-,12,15)/p+1. The number of carbonyl (C=O) groups excluding carboxylic acids is 1. The molecular weight excluding hydrogens is 222 g/mol. The average Bonchev–Trinajstić information content (AvgIpc) is 2.37. The average molecular weight is 240 g/mol. The largest absolute Gasteiger partial charge is 0.365 e. The molecule has 2 N–H and O–H groups in total. The Morgan fingerprint density at radius 2 is 2.38 bits per heavy atom. The van der Waals surface area contributed by atoms with Crippen LogP contribution in [0.25, 0.3) is 0 Å². The lowest BCUT2D eigenvalue weighted by Crippen LogP contribution is -2.48. The second-order valence-corrected chi connectivity index (χ2v) is 6.12. The number of thiazole rings is 1. The van der Waals surface area contributed by atoms with E-state index in [1.54, 1.807) is 11.3 Å². The monoisotopic (exact) mass is 240 g/mol. The fraction of sp³-hybridized carbons (Fsp3) is 0.636. The van der Waals surface area contributed by atoms with E-state index in [2.05, 4.69) is 12.0 Å². The molecule has 1 unspecified atom stereocenters. The molecule has 88 valence electrons. The van der Waals surface area contributed by atoms with Crippen molar-refractivity contribution in [2.24, 2.45) is 5.73 Å². The van der Waals surface area contributed by atoms with Crippen LogP contribution in [0.5, 0.6) is 0 Å². The van der Waals surface area contributed by atoms with Crippen LogP contribution in [0.15, 0.2) is 0 Å². The number of amides is 1. The normalized spacial score (nSPS) is 24.9. The number of nitrogens with two attached hydrogens (primary N) is 1. The number of primary amides is 1. The summed E-state index contributed by atoms with van der Waals surface area (Å²) in [6, 6.07) is 0. The van der Waals surface area contributed by atoms with Crippen LogP contribution in [-0.2, 0) is 17.8 Å². The lowest BCUT2D eigenvalue weighted by atomic mass is 10.2. The van der Waals surface area contributed by atoms with Crippen molar-refractivity contribution in [1.29, 1.82) is 0 Å². The summed E-state index contributed by atoms with van der Waals surface area (Å²) in [4.78, 5) is 17.0. The zero-order valence-electron chi connectivity index (χ0n) is 9.82.